The monoisotopic (exact) mass is 654 g/mol. The van der Waals surface area contributed by atoms with Crippen molar-refractivity contribution in [3.05, 3.63) is 25.3 Å². The smallest absolute Gasteiger partial charge is 0.330 e. The summed E-state index contributed by atoms with van der Waals surface area (Å²) in [5, 5.41) is 10.4. The number of carbonyl (C=O) groups is 4. The Morgan fingerprint density at radius 3 is 2.22 bits per heavy atom. The van der Waals surface area contributed by atoms with Crippen LogP contribution in [0.1, 0.15) is 71.6 Å². The molecular weight excluding hydrogens is 604 g/mol. The quantitative estimate of drug-likeness (QED) is 0.0924. The van der Waals surface area contributed by atoms with Crippen LogP contribution >= 0.6 is 12.6 Å². The molecule has 45 heavy (non-hydrogen) atoms. The maximum atomic E-state index is 11.4. The molecule has 1 aliphatic heterocycles. The molecule has 7 atom stereocenters. The molecule has 6 bridgehead atoms. The molecule has 0 aromatic heterocycles. The van der Waals surface area contributed by atoms with E-state index in [0.29, 0.717) is 42.6 Å². The molecule has 0 aromatic carbocycles. The fourth-order valence-electron chi connectivity index (χ4n) is 8.36. The fourth-order valence-corrected chi connectivity index (χ4v) is 8.44. The highest BCUT2D eigenvalue weighted by Crippen LogP contribution is 2.59. The van der Waals surface area contributed by atoms with E-state index in [1.807, 2.05) is 6.92 Å². The van der Waals surface area contributed by atoms with Crippen molar-refractivity contribution in [1.82, 2.24) is 0 Å². The molecule has 7 fully saturated rings. The molecule has 1 saturated heterocycles. The van der Waals surface area contributed by atoms with Crippen LogP contribution in [0, 0.1) is 35.5 Å². The fraction of sp³-hybridized carbons (Fsp3) is 0.758. The first-order valence-corrected chi connectivity index (χ1v) is 16.5. The summed E-state index contributed by atoms with van der Waals surface area (Å²) in [5.74, 6) is 2.56. The molecule has 0 radical (unpaired) electrons. The van der Waals surface area contributed by atoms with Crippen molar-refractivity contribution in [2.24, 2.45) is 35.5 Å². The largest absolute Gasteiger partial charge is 0.466 e. The Labute approximate surface area is 271 Å². The predicted molar refractivity (Wildman–Crippen MR) is 167 cm³/mol. The molecule has 12 heteroatoms. The van der Waals surface area contributed by atoms with Crippen LogP contribution in [-0.4, -0.2) is 79.3 Å². The second-order valence-electron chi connectivity index (χ2n) is 12.9. The molecule has 1 heterocycles. The van der Waals surface area contributed by atoms with Gasteiger partial charge in [0.1, 0.15) is 5.60 Å². The van der Waals surface area contributed by atoms with Crippen molar-refractivity contribution in [2.75, 3.05) is 32.9 Å². The summed E-state index contributed by atoms with van der Waals surface area (Å²) in [6.07, 6.45) is 11.2. The van der Waals surface area contributed by atoms with Crippen LogP contribution in [0.15, 0.2) is 25.3 Å². The molecule has 0 amide bonds. The minimum Gasteiger partial charge on any atom is -0.466 e. The number of esters is 4. The van der Waals surface area contributed by atoms with Crippen LogP contribution in [0.5, 0.6) is 0 Å². The summed E-state index contributed by atoms with van der Waals surface area (Å²) in [6, 6.07) is 0. The molecule has 254 valence electrons. The molecule has 11 nitrogen and oxygen atoms in total. The Hall–Kier alpha value is -2.41. The van der Waals surface area contributed by atoms with Crippen LogP contribution in [0.2, 0.25) is 0 Å². The average molecular weight is 655 g/mol. The number of methoxy groups -OCH3 is 1. The van der Waals surface area contributed by atoms with Crippen molar-refractivity contribution >= 4 is 36.5 Å². The minimum atomic E-state index is -0.573. The third-order valence-corrected chi connectivity index (χ3v) is 9.88. The molecule has 0 aromatic rings. The second kappa shape index (κ2) is 16.9. The molecule has 1 N–H and O–H groups in total. The van der Waals surface area contributed by atoms with E-state index in [1.165, 1.54) is 38.9 Å². The number of thiol groups is 1. The molecule has 6 aliphatic carbocycles. The summed E-state index contributed by atoms with van der Waals surface area (Å²) in [7, 11) is 1.31. The van der Waals surface area contributed by atoms with E-state index in [4.69, 9.17) is 23.7 Å². The van der Waals surface area contributed by atoms with Crippen molar-refractivity contribution in [2.45, 2.75) is 89.1 Å². The molecule has 7 rings (SSSR count). The first-order valence-electron chi connectivity index (χ1n) is 15.8. The van der Waals surface area contributed by atoms with Gasteiger partial charge in [0.2, 0.25) is 6.29 Å². The van der Waals surface area contributed by atoms with Crippen LogP contribution in [-0.2, 0) is 47.6 Å². The molecule has 6 saturated carbocycles. The normalized spacial score (nSPS) is 34.6. The zero-order valence-corrected chi connectivity index (χ0v) is 27.7. The maximum Gasteiger partial charge on any atom is 0.330 e. The predicted octanol–water partition coefficient (Wildman–Crippen LogP) is 4.17. The summed E-state index contributed by atoms with van der Waals surface area (Å²) >= 11 is 3.74. The number of ether oxygens (including phenoxy) is 6. The van der Waals surface area contributed by atoms with Crippen molar-refractivity contribution in [3.63, 3.8) is 0 Å². The van der Waals surface area contributed by atoms with Gasteiger partial charge in [0, 0.05) is 31.1 Å². The highest BCUT2D eigenvalue weighted by Gasteiger charge is 2.59. The van der Waals surface area contributed by atoms with Gasteiger partial charge in [-0.05, 0) is 88.9 Å². The van der Waals surface area contributed by atoms with Gasteiger partial charge in [-0.1, -0.05) is 13.2 Å². The van der Waals surface area contributed by atoms with E-state index in [2.05, 4.69) is 30.5 Å². The highest BCUT2D eigenvalue weighted by atomic mass is 32.1. The van der Waals surface area contributed by atoms with Crippen molar-refractivity contribution < 1.29 is 52.7 Å². The van der Waals surface area contributed by atoms with E-state index in [-0.39, 0.29) is 30.1 Å². The van der Waals surface area contributed by atoms with E-state index >= 15 is 0 Å². The summed E-state index contributed by atoms with van der Waals surface area (Å²) in [4.78, 5) is 43.1. The van der Waals surface area contributed by atoms with E-state index in [1.54, 1.807) is 6.92 Å². The van der Waals surface area contributed by atoms with Crippen molar-refractivity contribution in [1.29, 1.82) is 0 Å². The minimum absolute atomic E-state index is 0.0579. The van der Waals surface area contributed by atoms with Gasteiger partial charge in [0.15, 0.2) is 6.79 Å². The summed E-state index contributed by atoms with van der Waals surface area (Å²) in [5.41, 5.74) is -0.949. The van der Waals surface area contributed by atoms with E-state index in [0.717, 1.165) is 44.3 Å². The van der Waals surface area contributed by atoms with Gasteiger partial charge in [-0.3, -0.25) is 9.59 Å². The highest BCUT2D eigenvalue weighted by molar-refractivity contribution is 7.81. The zero-order valence-electron chi connectivity index (χ0n) is 26.8. The van der Waals surface area contributed by atoms with Crippen LogP contribution in [0.4, 0.5) is 0 Å². The number of carbonyl (C=O) groups excluding carboxylic acids is 4. The lowest BCUT2D eigenvalue weighted by molar-refractivity contribution is -0.216. The van der Waals surface area contributed by atoms with Gasteiger partial charge in [-0.15, -0.1) is 0 Å². The topological polar surface area (TPSA) is 144 Å². The van der Waals surface area contributed by atoms with E-state index in [9.17, 15) is 24.3 Å². The van der Waals surface area contributed by atoms with Crippen LogP contribution in [0.3, 0.4) is 0 Å². The molecular formula is C33H50O11S. The average Bonchev–Trinajstić information content (AvgIpc) is 3.72. The van der Waals surface area contributed by atoms with Gasteiger partial charge >= 0.3 is 23.9 Å². The van der Waals surface area contributed by atoms with Gasteiger partial charge in [0.05, 0.1) is 31.0 Å². The Bertz CT molecular complexity index is 1050. The lowest BCUT2D eigenvalue weighted by Gasteiger charge is -2.59. The number of rotatable bonds is 9. The third kappa shape index (κ3) is 10.3. The zero-order chi connectivity index (χ0) is 33.2. The Kier molecular flexibility index (Phi) is 14.0. The summed E-state index contributed by atoms with van der Waals surface area (Å²) < 4.78 is 29.3. The summed E-state index contributed by atoms with van der Waals surface area (Å²) in [6.45, 7) is 11.5. The maximum absolute atomic E-state index is 11.4. The van der Waals surface area contributed by atoms with Gasteiger partial charge in [0.25, 0.3) is 0 Å². The second-order valence-corrected chi connectivity index (χ2v) is 13.2. The number of aliphatic hydroxyl groups is 1. The Morgan fingerprint density at radius 2 is 1.71 bits per heavy atom. The first-order chi connectivity index (χ1) is 21.4. The Morgan fingerprint density at radius 1 is 1.07 bits per heavy atom. The van der Waals surface area contributed by atoms with Gasteiger partial charge in [-0.2, -0.15) is 12.6 Å². The van der Waals surface area contributed by atoms with Gasteiger partial charge < -0.3 is 33.5 Å². The number of fused-ring (bicyclic) bond motifs is 5. The number of hydrogen-bond acceptors (Lipinski definition) is 12. The lowest BCUT2D eigenvalue weighted by atomic mass is 9.52. The standard InChI is InChI=1S/C13H18O3.C9H12O2.C7H14O4S.C4H6O2/c1-2-11(14)16-13-6-9-3-10(7-13)5-12(15,4-9)8-13;10-9-8-6-2-1-5(3-6)7(8)4-11-9;1-3-9-5-10-6(2)11-7(8)4-12;1-3-4(5)6-2/h2,9-10,15H,1,3-8H2;5-8H,1-4H2;6,12H,3-5H2,1-2H3;3H,1H2,2H3. The Balaban J connectivity index is 0.000000172. The molecule has 7 unspecified atom stereocenters. The molecule has 0 spiro atoms. The third-order valence-electron chi connectivity index (χ3n) is 9.62. The molecule has 7 aliphatic rings. The van der Waals surface area contributed by atoms with Crippen molar-refractivity contribution in [3.8, 4) is 0 Å². The number of cyclic esters (lactones) is 1. The lowest BCUT2D eigenvalue weighted by Crippen LogP contribution is -2.60. The van der Waals surface area contributed by atoms with Crippen LogP contribution in [0.25, 0.3) is 0 Å². The van der Waals surface area contributed by atoms with Gasteiger partial charge in [-0.25, -0.2) is 9.59 Å². The van der Waals surface area contributed by atoms with Crippen LogP contribution < -0.4 is 0 Å². The van der Waals surface area contributed by atoms with E-state index < -0.39 is 23.8 Å². The SMILES string of the molecule is C=CC(=O)OC.C=CC(=O)OC12CC3CC(CC(O)(C3)C1)C2.CCOCOC(C)OC(=O)CS.O=C1OCC2C3CCC(C3)C12. The first kappa shape index (κ1) is 37.1. The number of hydrogen-bond donors (Lipinski definition) is 2.